The SMILES string of the molecule is Cc1nn(-c2ccccc2)c(C)c1C(=O)NCCCOCC(C)C. The van der Waals surface area contributed by atoms with Crippen molar-refractivity contribution in [2.75, 3.05) is 19.8 Å². The zero-order chi connectivity index (χ0) is 17.5. The zero-order valence-electron chi connectivity index (χ0n) is 15.0. The van der Waals surface area contributed by atoms with Crippen LogP contribution >= 0.6 is 0 Å². The van der Waals surface area contributed by atoms with Crippen LogP contribution in [0, 0.1) is 19.8 Å². The Bertz CT molecular complexity index is 663. The second-order valence-corrected chi connectivity index (χ2v) is 6.37. The zero-order valence-corrected chi connectivity index (χ0v) is 15.0. The fourth-order valence-electron chi connectivity index (χ4n) is 2.58. The lowest BCUT2D eigenvalue weighted by atomic mass is 10.2. The number of aryl methyl sites for hydroxylation is 1. The first-order valence-corrected chi connectivity index (χ1v) is 8.48. The van der Waals surface area contributed by atoms with E-state index in [4.69, 9.17) is 4.74 Å². The van der Waals surface area contributed by atoms with Crippen molar-refractivity contribution in [2.45, 2.75) is 34.1 Å². The van der Waals surface area contributed by atoms with Gasteiger partial charge in [0.05, 0.1) is 22.6 Å². The summed E-state index contributed by atoms with van der Waals surface area (Å²) >= 11 is 0. The number of hydrogen-bond donors (Lipinski definition) is 1. The summed E-state index contributed by atoms with van der Waals surface area (Å²) in [4.78, 5) is 12.5. The van der Waals surface area contributed by atoms with Gasteiger partial charge in [0, 0.05) is 19.8 Å². The van der Waals surface area contributed by atoms with Gasteiger partial charge < -0.3 is 10.1 Å². The van der Waals surface area contributed by atoms with Crippen LogP contribution in [-0.2, 0) is 4.74 Å². The third-order valence-electron chi connectivity index (χ3n) is 3.72. The molecule has 0 saturated heterocycles. The molecule has 2 aromatic rings. The van der Waals surface area contributed by atoms with Crippen LogP contribution in [0.15, 0.2) is 30.3 Å². The Balaban J connectivity index is 1.94. The van der Waals surface area contributed by atoms with Gasteiger partial charge in [-0.1, -0.05) is 32.0 Å². The van der Waals surface area contributed by atoms with Crippen LogP contribution in [0.4, 0.5) is 0 Å². The maximum Gasteiger partial charge on any atom is 0.255 e. The highest BCUT2D eigenvalue weighted by molar-refractivity contribution is 5.96. The minimum Gasteiger partial charge on any atom is -0.381 e. The van der Waals surface area contributed by atoms with Crippen LogP contribution in [0.25, 0.3) is 5.69 Å². The Morgan fingerprint density at radius 3 is 2.62 bits per heavy atom. The maximum atomic E-state index is 12.5. The molecule has 0 aliphatic rings. The first kappa shape index (κ1) is 18.2. The summed E-state index contributed by atoms with van der Waals surface area (Å²) in [6, 6.07) is 9.84. The summed E-state index contributed by atoms with van der Waals surface area (Å²) in [5, 5.41) is 7.47. The van der Waals surface area contributed by atoms with E-state index in [1.54, 1.807) is 0 Å². The smallest absolute Gasteiger partial charge is 0.255 e. The first-order chi connectivity index (χ1) is 11.5. The Labute approximate surface area is 144 Å². The maximum absolute atomic E-state index is 12.5. The van der Waals surface area contributed by atoms with E-state index in [1.165, 1.54) is 0 Å². The quantitative estimate of drug-likeness (QED) is 0.756. The molecular formula is C19H27N3O2. The average molecular weight is 329 g/mol. The number of ether oxygens (including phenoxy) is 1. The molecular weight excluding hydrogens is 302 g/mol. The highest BCUT2D eigenvalue weighted by Gasteiger charge is 2.18. The summed E-state index contributed by atoms with van der Waals surface area (Å²) in [5.74, 6) is 0.463. The molecule has 1 heterocycles. The molecule has 0 fully saturated rings. The molecule has 0 spiro atoms. The van der Waals surface area contributed by atoms with Crippen molar-refractivity contribution in [3.63, 3.8) is 0 Å². The molecule has 0 atom stereocenters. The fourth-order valence-corrected chi connectivity index (χ4v) is 2.58. The number of rotatable bonds is 8. The molecule has 0 bridgehead atoms. The van der Waals surface area contributed by atoms with Crippen LogP contribution in [0.1, 0.15) is 42.0 Å². The number of amides is 1. The molecule has 130 valence electrons. The van der Waals surface area contributed by atoms with Crippen molar-refractivity contribution in [1.82, 2.24) is 15.1 Å². The Morgan fingerprint density at radius 2 is 1.96 bits per heavy atom. The standard InChI is InChI=1S/C19H27N3O2/c1-14(2)13-24-12-8-11-20-19(23)18-15(3)21-22(16(18)4)17-9-6-5-7-10-17/h5-7,9-10,14H,8,11-13H2,1-4H3,(H,20,23). The molecule has 0 saturated carbocycles. The Kier molecular flexibility index (Phi) is 6.55. The molecule has 5 heteroatoms. The number of carbonyl (C=O) groups excluding carboxylic acids is 1. The van der Waals surface area contributed by atoms with Gasteiger partial charge in [0.2, 0.25) is 0 Å². The molecule has 0 aliphatic carbocycles. The van der Waals surface area contributed by atoms with Gasteiger partial charge in [-0.3, -0.25) is 4.79 Å². The molecule has 1 N–H and O–H groups in total. The molecule has 2 rings (SSSR count). The van der Waals surface area contributed by atoms with Crippen molar-refractivity contribution in [2.24, 2.45) is 5.92 Å². The Morgan fingerprint density at radius 1 is 1.25 bits per heavy atom. The predicted molar refractivity (Wildman–Crippen MR) is 95.6 cm³/mol. The number of aromatic nitrogens is 2. The molecule has 1 aromatic heterocycles. The first-order valence-electron chi connectivity index (χ1n) is 8.48. The molecule has 1 aromatic carbocycles. The lowest BCUT2D eigenvalue weighted by Gasteiger charge is -2.08. The van der Waals surface area contributed by atoms with E-state index in [9.17, 15) is 4.79 Å². The summed E-state index contributed by atoms with van der Waals surface area (Å²) in [7, 11) is 0. The van der Waals surface area contributed by atoms with Gasteiger partial charge in [0.1, 0.15) is 0 Å². The summed E-state index contributed by atoms with van der Waals surface area (Å²) in [5.41, 5.74) is 3.21. The minimum atomic E-state index is -0.0731. The number of benzene rings is 1. The van der Waals surface area contributed by atoms with Gasteiger partial charge in [-0.05, 0) is 38.3 Å². The molecule has 24 heavy (non-hydrogen) atoms. The van der Waals surface area contributed by atoms with Gasteiger partial charge in [0.25, 0.3) is 5.91 Å². The largest absolute Gasteiger partial charge is 0.381 e. The number of nitrogens with zero attached hydrogens (tertiary/aromatic N) is 2. The van der Waals surface area contributed by atoms with E-state index in [0.717, 1.165) is 30.1 Å². The highest BCUT2D eigenvalue weighted by atomic mass is 16.5. The predicted octanol–water partition coefficient (Wildman–Crippen LogP) is 3.28. The summed E-state index contributed by atoms with van der Waals surface area (Å²) in [6.45, 7) is 10.1. The molecule has 5 nitrogen and oxygen atoms in total. The summed E-state index contributed by atoms with van der Waals surface area (Å²) < 4.78 is 7.34. The van der Waals surface area contributed by atoms with Crippen LogP contribution in [-0.4, -0.2) is 35.4 Å². The van der Waals surface area contributed by atoms with Crippen molar-refractivity contribution < 1.29 is 9.53 Å². The van der Waals surface area contributed by atoms with E-state index >= 15 is 0 Å². The lowest BCUT2D eigenvalue weighted by molar-refractivity contribution is 0.0924. The van der Waals surface area contributed by atoms with Crippen LogP contribution < -0.4 is 5.32 Å². The van der Waals surface area contributed by atoms with Crippen LogP contribution in [0.2, 0.25) is 0 Å². The van der Waals surface area contributed by atoms with Gasteiger partial charge in [-0.25, -0.2) is 4.68 Å². The number of hydrogen-bond acceptors (Lipinski definition) is 3. The normalized spacial score (nSPS) is 11.0. The van der Waals surface area contributed by atoms with Crippen LogP contribution in [0.5, 0.6) is 0 Å². The Hall–Kier alpha value is -2.14. The number of carbonyl (C=O) groups is 1. The second-order valence-electron chi connectivity index (χ2n) is 6.37. The minimum absolute atomic E-state index is 0.0731. The van der Waals surface area contributed by atoms with E-state index in [2.05, 4.69) is 24.3 Å². The van der Waals surface area contributed by atoms with Gasteiger partial charge in [0.15, 0.2) is 0 Å². The van der Waals surface area contributed by atoms with E-state index in [-0.39, 0.29) is 5.91 Å². The fraction of sp³-hybridized carbons (Fsp3) is 0.474. The van der Waals surface area contributed by atoms with Gasteiger partial charge in [-0.2, -0.15) is 5.10 Å². The molecule has 0 aliphatic heterocycles. The van der Waals surface area contributed by atoms with Crippen LogP contribution in [0.3, 0.4) is 0 Å². The van der Waals surface area contributed by atoms with Crippen molar-refractivity contribution in [3.8, 4) is 5.69 Å². The van der Waals surface area contributed by atoms with E-state index < -0.39 is 0 Å². The van der Waals surface area contributed by atoms with Gasteiger partial charge in [-0.15, -0.1) is 0 Å². The number of nitrogens with one attached hydrogen (secondary N) is 1. The average Bonchev–Trinajstić information content (AvgIpc) is 2.86. The van der Waals surface area contributed by atoms with Crippen molar-refractivity contribution in [1.29, 1.82) is 0 Å². The second kappa shape index (κ2) is 8.64. The molecule has 0 radical (unpaired) electrons. The van der Waals surface area contributed by atoms with E-state index in [0.29, 0.717) is 24.6 Å². The van der Waals surface area contributed by atoms with Crippen molar-refractivity contribution >= 4 is 5.91 Å². The van der Waals surface area contributed by atoms with Crippen molar-refractivity contribution in [3.05, 3.63) is 47.3 Å². The molecule has 1 amide bonds. The third kappa shape index (κ3) is 4.68. The number of para-hydroxylation sites is 1. The summed E-state index contributed by atoms with van der Waals surface area (Å²) in [6.07, 6.45) is 0.809. The monoisotopic (exact) mass is 329 g/mol. The van der Waals surface area contributed by atoms with Gasteiger partial charge >= 0.3 is 0 Å². The third-order valence-corrected chi connectivity index (χ3v) is 3.72. The van der Waals surface area contributed by atoms with E-state index in [1.807, 2.05) is 48.9 Å². The highest BCUT2D eigenvalue weighted by Crippen LogP contribution is 2.17. The topological polar surface area (TPSA) is 56.2 Å². The lowest BCUT2D eigenvalue weighted by Crippen LogP contribution is -2.26. The molecule has 0 unspecified atom stereocenters.